The lowest BCUT2D eigenvalue weighted by Gasteiger charge is -2.28. The number of nitrogens with two attached hydrogens (primary N) is 1. The largest absolute Gasteiger partial charge is 0.416 e. The minimum Gasteiger partial charge on any atom is -0.353 e. The first kappa shape index (κ1) is 17.3. The fraction of sp³-hybridized carbons (Fsp3) is 0.611. The third-order valence-electron chi connectivity index (χ3n) is 5.50. The lowest BCUT2D eigenvalue weighted by Crippen LogP contribution is -2.47. The molecule has 132 valence electrons. The quantitative estimate of drug-likeness (QED) is 0.885. The van der Waals surface area contributed by atoms with Gasteiger partial charge in [-0.3, -0.25) is 4.79 Å². The van der Waals surface area contributed by atoms with Gasteiger partial charge in [0.05, 0.1) is 11.5 Å². The van der Waals surface area contributed by atoms with Gasteiger partial charge in [0, 0.05) is 12.1 Å². The van der Waals surface area contributed by atoms with Crippen LogP contribution in [-0.2, 0) is 17.4 Å². The van der Waals surface area contributed by atoms with E-state index in [1.54, 1.807) is 0 Å². The Hall–Kier alpha value is -1.56. The molecule has 0 spiro atoms. The molecule has 0 saturated heterocycles. The molecule has 0 heterocycles. The van der Waals surface area contributed by atoms with Crippen molar-refractivity contribution >= 4 is 5.91 Å². The fourth-order valence-corrected chi connectivity index (χ4v) is 4.30. The van der Waals surface area contributed by atoms with Crippen LogP contribution >= 0.6 is 0 Å². The Labute approximate surface area is 139 Å². The SMILES string of the molecule is CC(Cc1ccc(C(F)(F)F)cc1)NC(=O)C1C2CCC(C2)C1N. The molecule has 3 N–H and O–H groups in total. The van der Waals surface area contributed by atoms with Gasteiger partial charge in [-0.25, -0.2) is 0 Å². The summed E-state index contributed by atoms with van der Waals surface area (Å²) in [5.74, 6) is 0.743. The lowest BCUT2D eigenvalue weighted by atomic mass is 9.84. The van der Waals surface area contributed by atoms with E-state index in [-0.39, 0.29) is 23.9 Å². The molecule has 2 fully saturated rings. The molecule has 2 saturated carbocycles. The van der Waals surface area contributed by atoms with Gasteiger partial charge in [0.15, 0.2) is 0 Å². The Balaban J connectivity index is 1.56. The standard InChI is InChI=1S/C18H23F3N2O/c1-10(8-11-2-6-14(7-3-11)18(19,20)21)23-17(24)15-12-4-5-13(9-12)16(15)22/h2-3,6-7,10,12-13,15-16H,4-5,8-9,22H2,1H3,(H,23,24). The molecule has 24 heavy (non-hydrogen) atoms. The molecule has 5 atom stereocenters. The second kappa shape index (κ2) is 6.39. The number of fused-ring (bicyclic) bond motifs is 2. The summed E-state index contributed by atoms with van der Waals surface area (Å²) in [4.78, 5) is 12.5. The lowest BCUT2D eigenvalue weighted by molar-refractivity contribution is -0.137. The van der Waals surface area contributed by atoms with E-state index < -0.39 is 11.7 Å². The van der Waals surface area contributed by atoms with Crippen LogP contribution in [0.5, 0.6) is 0 Å². The minimum atomic E-state index is -4.32. The third kappa shape index (κ3) is 3.43. The first-order chi connectivity index (χ1) is 11.3. The van der Waals surface area contributed by atoms with Gasteiger partial charge < -0.3 is 11.1 Å². The number of benzene rings is 1. The van der Waals surface area contributed by atoms with Crippen LogP contribution in [0.2, 0.25) is 0 Å². The monoisotopic (exact) mass is 340 g/mol. The predicted molar refractivity (Wildman–Crippen MR) is 85.0 cm³/mol. The maximum atomic E-state index is 12.6. The van der Waals surface area contributed by atoms with Crippen molar-refractivity contribution in [1.82, 2.24) is 5.32 Å². The van der Waals surface area contributed by atoms with Crippen molar-refractivity contribution in [2.45, 2.75) is 50.9 Å². The highest BCUT2D eigenvalue weighted by molar-refractivity contribution is 5.80. The smallest absolute Gasteiger partial charge is 0.353 e. The summed E-state index contributed by atoms with van der Waals surface area (Å²) in [5, 5.41) is 2.99. The van der Waals surface area contributed by atoms with E-state index >= 15 is 0 Å². The van der Waals surface area contributed by atoms with E-state index in [0.29, 0.717) is 18.3 Å². The molecular formula is C18H23F3N2O. The molecule has 2 bridgehead atoms. The molecule has 0 aliphatic heterocycles. The maximum Gasteiger partial charge on any atom is 0.416 e. The van der Waals surface area contributed by atoms with Gasteiger partial charge in [0.1, 0.15) is 0 Å². The summed E-state index contributed by atoms with van der Waals surface area (Å²) >= 11 is 0. The van der Waals surface area contributed by atoms with Gasteiger partial charge in [-0.1, -0.05) is 12.1 Å². The van der Waals surface area contributed by atoms with Gasteiger partial charge >= 0.3 is 6.18 Å². The molecule has 1 aromatic carbocycles. The Kier molecular flexibility index (Phi) is 4.60. The van der Waals surface area contributed by atoms with E-state index in [0.717, 1.165) is 37.0 Å². The van der Waals surface area contributed by atoms with E-state index in [1.807, 2.05) is 6.92 Å². The van der Waals surface area contributed by atoms with Crippen LogP contribution in [0.1, 0.15) is 37.3 Å². The topological polar surface area (TPSA) is 55.1 Å². The molecule has 6 heteroatoms. The van der Waals surface area contributed by atoms with Crippen molar-refractivity contribution in [2.24, 2.45) is 23.5 Å². The van der Waals surface area contributed by atoms with Crippen molar-refractivity contribution < 1.29 is 18.0 Å². The number of carbonyl (C=O) groups is 1. The number of carbonyl (C=O) groups excluding carboxylic acids is 1. The van der Waals surface area contributed by atoms with Gasteiger partial charge in [-0.15, -0.1) is 0 Å². The predicted octanol–water partition coefficient (Wildman–Crippen LogP) is 3.13. The average molecular weight is 340 g/mol. The van der Waals surface area contributed by atoms with Crippen LogP contribution in [0.15, 0.2) is 24.3 Å². The first-order valence-electron chi connectivity index (χ1n) is 8.48. The average Bonchev–Trinajstić information content (AvgIpc) is 3.07. The summed E-state index contributed by atoms with van der Waals surface area (Å²) in [6.45, 7) is 1.87. The Bertz CT molecular complexity index is 597. The Morgan fingerprint density at radius 1 is 1.25 bits per heavy atom. The molecule has 5 unspecified atom stereocenters. The van der Waals surface area contributed by atoms with Crippen LogP contribution in [0.3, 0.4) is 0 Å². The zero-order valence-corrected chi connectivity index (χ0v) is 13.6. The van der Waals surface area contributed by atoms with E-state index in [2.05, 4.69) is 5.32 Å². The van der Waals surface area contributed by atoms with Crippen LogP contribution < -0.4 is 11.1 Å². The molecule has 2 aliphatic rings. The molecule has 0 aromatic heterocycles. The highest BCUT2D eigenvalue weighted by Gasteiger charge is 2.49. The number of hydrogen-bond donors (Lipinski definition) is 2. The molecule has 1 aromatic rings. The number of halogens is 3. The second-order valence-corrected chi connectivity index (χ2v) is 7.24. The summed E-state index contributed by atoms with van der Waals surface area (Å²) in [7, 11) is 0. The highest BCUT2D eigenvalue weighted by atomic mass is 19.4. The molecular weight excluding hydrogens is 317 g/mol. The van der Waals surface area contributed by atoms with Crippen molar-refractivity contribution in [3.63, 3.8) is 0 Å². The summed E-state index contributed by atoms with van der Waals surface area (Å²) in [6, 6.07) is 4.90. The zero-order valence-electron chi connectivity index (χ0n) is 13.6. The van der Waals surface area contributed by atoms with Gasteiger partial charge in [0.25, 0.3) is 0 Å². The Morgan fingerprint density at radius 3 is 2.42 bits per heavy atom. The number of nitrogens with one attached hydrogen (secondary N) is 1. The van der Waals surface area contributed by atoms with E-state index in [1.165, 1.54) is 12.1 Å². The minimum absolute atomic E-state index is 0.00545. The maximum absolute atomic E-state index is 12.6. The summed E-state index contributed by atoms with van der Waals surface area (Å²) < 4.78 is 37.7. The molecule has 1 amide bonds. The van der Waals surface area contributed by atoms with Crippen LogP contribution in [0, 0.1) is 17.8 Å². The Morgan fingerprint density at radius 2 is 1.88 bits per heavy atom. The number of hydrogen-bond acceptors (Lipinski definition) is 2. The summed E-state index contributed by atoms with van der Waals surface area (Å²) in [5.41, 5.74) is 6.30. The van der Waals surface area contributed by atoms with Crippen molar-refractivity contribution in [3.05, 3.63) is 35.4 Å². The van der Waals surface area contributed by atoms with Crippen molar-refractivity contribution in [3.8, 4) is 0 Å². The number of alkyl halides is 3. The molecule has 0 radical (unpaired) electrons. The molecule has 3 nitrogen and oxygen atoms in total. The number of rotatable bonds is 4. The second-order valence-electron chi connectivity index (χ2n) is 7.24. The van der Waals surface area contributed by atoms with Crippen LogP contribution in [-0.4, -0.2) is 18.0 Å². The van der Waals surface area contributed by atoms with Crippen LogP contribution in [0.4, 0.5) is 13.2 Å². The zero-order chi connectivity index (χ0) is 17.5. The van der Waals surface area contributed by atoms with Gasteiger partial charge in [-0.05, 0) is 62.1 Å². The third-order valence-corrected chi connectivity index (χ3v) is 5.50. The van der Waals surface area contributed by atoms with Crippen LogP contribution in [0.25, 0.3) is 0 Å². The highest BCUT2D eigenvalue weighted by Crippen LogP contribution is 2.47. The van der Waals surface area contributed by atoms with Gasteiger partial charge in [-0.2, -0.15) is 13.2 Å². The first-order valence-corrected chi connectivity index (χ1v) is 8.48. The normalized spacial score (nSPS) is 30.4. The van der Waals surface area contributed by atoms with Crippen molar-refractivity contribution in [2.75, 3.05) is 0 Å². The van der Waals surface area contributed by atoms with Crippen molar-refractivity contribution in [1.29, 1.82) is 0 Å². The fourth-order valence-electron chi connectivity index (χ4n) is 4.30. The molecule has 3 rings (SSSR count). The number of amides is 1. The summed E-state index contributed by atoms with van der Waals surface area (Å²) in [6.07, 6.45) is -0.580. The van der Waals surface area contributed by atoms with E-state index in [4.69, 9.17) is 5.73 Å². The van der Waals surface area contributed by atoms with Gasteiger partial charge in [0.2, 0.25) is 5.91 Å². The van der Waals surface area contributed by atoms with E-state index in [9.17, 15) is 18.0 Å². The molecule has 2 aliphatic carbocycles.